The summed E-state index contributed by atoms with van der Waals surface area (Å²) in [6.07, 6.45) is 1.61. The molecule has 0 saturated heterocycles. The molecule has 0 spiro atoms. The number of nitro benzene ring substituents is 1. The molecule has 9 nitrogen and oxygen atoms in total. The summed E-state index contributed by atoms with van der Waals surface area (Å²) in [5.74, 6) is -0.857. The van der Waals surface area contributed by atoms with Gasteiger partial charge >= 0.3 is 5.97 Å². The number of nitrogens with one attached hydrogen (secondary N) is 1. The number of hydrogen-bond acceptors (Lipinski definition) is 6. The Hall–Kier alpha value is -4.79. The molecule has 1 N–H and O–H groups in total. The molecule has 0 bridgehead atoms. The maximum atomic E-state index is 13.2. The normalized spacial score (nSPS) is 10.5. The first kappa shape index (κ1) is 22.4. The van der Waals surface area contributed by atoms with Crippen molar-refractivity contribution in [2.75, 3.05) is 11.9 Å². The number of aromatic nitrogens is 2. The molecule has 0 unspecified atom stereocenters. The summed E-state index contributed by atoms with van der Waals surface area (Å²) in [4.78, 5) is 35.6. The molecule has 4 aromatic rings. The number of nitrogens with zero attached hydrogens (tertiary/aromatic N) is 3. The molecule has 0 saturated carbocycles. The molecule has 0 fully saturated rings. The Morgan fingerprint density at radius 3 is 2.29 bits per heavy atom. The molecule has 1 heterocycles. The highest BCUT2D eigenvalue weighted by Gasteiger charge is 2.20. The number of rotatable bonds is 7. The maximum absolute atomic E-state index is 13.2. The Balaban J connectivity index is 1.66. The van der Waals surface area contributed by atoms with Gasteiger partial charge in [-0.15, -0.1) is 0 Å². The van der Waals surface area contributed by atoms with Crippen LogP contribution in [0.1, 0.15) is 27.6 Å². The summed E-state index contributed by atoms with van der Waals surface area (Å²) in [5, 5.41) is 18.4. The molecule has 0 radical (unpaired) electrons. The predicted octanol–water partition coefficient (Wildman–Crippen LogP) is 4.88. The summed E-state index contributed by atoms with van der Waals surface area (Å²) in [7, 11) is 0. The second-order valence-electron chi connectivity index (χ2n) is 7.23. The van der Waals surface area contributed by atoms with Crippen molar-refractivity contribution in [2.24, 2.45) is 0 Å². The van der Waals surface area contributed by atoms with Gasteiger partial charge in [0.2, 0.25) is 0 Å². The van der Waals surface area contributed by atoms with Gasteiger partial charge in [0.25, 0.3) is 11.6 Å². The second kappa shape index (κ2) is 9.78. The van der Waals surface area contributed by atoms with E-state index in [4.69, 9.17) is 4.74 Å². The summed E-state index contributed by atoms with van der Waals surface area (Å²) in [6.45, 7) is 2.00. The quantitative estimate of drug-likeness (QED) is 0.241. The fourth-order valence-electron chi connectivity index (χ4n) is 3.31. The number of para-hydroxylation sites is 1. The lowest BCUT2D eigenvalue weighted by atomic mass is 10.1. The first-order valence-corrected chi connectivity index (χ1v) is 10.4. The van der Waals surface area contributed by atoms with E-state index < -0.39 is 16.8 Å². The zero-order chi connectivity index (χ0) is 24.1. The van der Waals surface area contributed by atoms with Gasteiger partial charge < -0.3 is 10.1 Å². The van der Waals surface area contributed by atoms with E-state index in [9.17, 15) is 19.7 Å². The molecule has 170 valence electrons. The second-order valence-corrected chi connectivity index (χ2v) is 7.23. The van der Waals surface area contributed by atoms with E-state index in [2.05, 4.69) is 10.4 Å². The van der Waals surface area contributed by atoms with Gasteiger partial charge in [0, 0.05) is 29.6 Å². The number of benzene rings is 3. The van der Waals surface area contributed by atoms with Crippen LogP contribution in [-0.2, 0) is 4.74 Å². The lowest BCUT2D eigenvalue weighted by molar-refractivity contribution is -0.384. The lowest BCUT2D eigenvalue weighted by Gasteiger charge is -2.07. The van der Waals surface area contributed by atoms with Gasteiger partial charge in [-0.2, -0.15) is 5.10 Å². The van der Waals surface area contributed by atoms with Crippen molar-refractivity contribution in [3.05, 3.63) is 106 Å². The van der Waals surface area contributed by atoms with Crippen LogP contribution in [0.25, 0.3) is 16.9 Å². The van der Waals surface area contributed by atoms with Gasteiger partial charge in [0.05, 0.1) is 28.3 Å². The minimum atomic E-state index is -0.486. The molecule has 34 heavy (non-hydrogen) atoms. The fourth-order valence-corrected chi connectivity index (χ4v) is 3.31. The van der Waals surface area contributed by atoms with Gasteiger partial charge in [0.15, 0.2) is 0 Å². The number of carbonyl (C=O) groups is 2. The SMILES string of the molecule is CCOC(=O)c1ccc(NC(=O)c2cn(-c3ccccc3)nc2-c2ccc([N+](=O)[O-])cc2)cc1. The molecule has 3 aromatic carbocycles. The first-order chi connectivity index (χ1) is 16.5. The van der Waals surface area contributed by atoms with Crippen molar-refractivity contribution in [2.45, 2.75) is 6.92 Å². The van der Waals surface area contributed by atoms with Crippen molar-refractivity contribution in [1.29, 1.82) is 0 Å². The van der Waals surface area contributed by atoms with E-state index in [0.29, 0.717) is 22.5 Å². The smallest absolute Gasteiger partial charge is 0.338 e. The molecule has 0 aliphatic heterocycles. The van der Waals surface area contributed by atoms with Crippen LogP contribution in [0.3, 0.4) is 0 Å². The van der Waals surface area contributed by atoms with Crippen LogP contribution in [0.15, 0.2) is 85.1 Å². The summed E-state index contributed by atoms with van der Waals surface area (Å²) in [5.41, 5.74) is 2.78. The lowest BCUT2D eigenvalue weighted by Crippen LogP contribution is -2.12. The Labute approximate surface area is 194 Å². The molecular weight excluding hydrogens is 436 g/mol. The van der Waals surface area contributed by atoms with Crippen LogP contribution < -0.4 is 5.32 Å². The number of carbonyl (C=O) groups excluding carboxylic acids is 2. The number of non-ortho nitro benzene ring substituents is 1. The first-order valence-electron chi connectivity index (χ1n) is 10.4. The number of esters is 1. The highest BCUT2D eigenvalue weighted by molar-refractivity contribution is 6.08. The van der Waals surface area contributed by atoms with Gasteiger partial charge in [-0.25, -0.2) is 9.48 Å². The highest BCUT2D eigenvalue weighted by Crippen LogP contribution is 2.27. The number of anilines is 1. The largest absolute Gasteiger partial charge is 0.462 e. The standard InChI is InChI=1S/C25H20N4O5/c1-2-34-25(31)18-8-12-19(13-9-18)26-24(30)22-16-28(20-6-4-3-5-7-20)27-23(22)17-10-14-21(15-11-17)29(32)33/h3-16H,2H2,1H3,(H,26,30). The van der Waals surface area contributed by atoms with Crippen molar-refractivity contribution in [3.63, 3.8) is 0 Å². The van der Waals surface area contributed by atoms with E-state index in [-0.39, 0.29) is 17.9 Å². The summed E-state index contributed by atoms with van der Waals surface area (Å²) >= 11 is 0. The van der Waals surface area contributed by atoms with E-state index in [1.807, 2.05) is 30.3 Å². The molecule has 0 atom stereocenters. The summed E-state index contributed by atoms with van der Waals surface area (Å²) < 4.78 is 6.55. The van der Waals surface area contributed by atoms with Crippen molar-refractivity contribution in [1.82, 2.24) is 9.78 Å². The van der Waals surface area contributed by atoms with E-state index in [1.54, 1.807) is 54.2 Å². The van der Waals surface area contributed by atoms with Crippen molar-refractivity contribution >= 4 is 23.3 Å². The number of hydrogen-bond donors (Lipinski definition) is 1. The third-order valence-corrected chi connectivity index (χ3v) is 4.99. The fraction of sp³-hybridized carbons (Fsp3) is 0.0800. The Morgan fingerprint density at radius 2 is 1.68 bits per heavy atom. The Morgan fingerprint density at radius 1 is 1.00 bits per heavy atom. The van der Waals surface area contributed by atoms with Crippen LogP contribution >= 0.6 is 0 Å². The summed E-state index contributed by atoms with van der Waals surface area (Å²) in [6, 6.07) is 21.5. The average Bonchev–Trinajstić information content (AvgIpc) is 3.31. The van der Waals surface area contributed by atoms with E-state index in [0.717, 1.165) is 5.69 Å². The zero-order valence-electron chi connectivity index (χ0n) is 18.2. The van der Waals surface area contributed by atoms with Gasteiger partial charge in [-0.05, 0) is 55.5 Å². The average molecular weight is 456 g/mol. The van der Waals surface area contributed by atoms with E-state index in [1.165, 1.54) is 12.1 Å². The Bertz CT molecular complexity index is 1330. The zero-order valence-corrected chi connectivity index (χ0v) is 18.2. The van der Waals surface area contributed by atoms with Crippen LogP contribution in [0, 0.1) is 10.1 Å². The Kier molecular flexibility index (Phi) is 6.45. The van der Waals surface area contributed by atoms with Crippen LogP contribution in [0.2, 0.25) is 0 Å². The van der Waals surface area contributed by atoms with Crippen LogP contribution in [0.5, 0.6) is 0 Å². The molecule has 0 aliphatic carbocycles. The third kappa shape index (κ3) is 4.83. The molecule has 1 amide bonds. The van der Waals surface area contributed by atoms with E-state index >= 15 is 0 Å². The molecular formula is C25H20N4O5. The highest BCUT2D eigenvalue weighted by atomic mass is 16.6. The number of nitro groups is 1. The van der Waals surface area contributed by atoms with Crippen LogP contribution in [0.4, 0.5) is 11.4 Å². The monoisotopic (exact) mass is 456 g/mol. The maximum Gasteiger partial charge on any atom is 0.338 e. The van der Waals surface area contributed by atoms with Gasteiger partial charge in [-0.3, -0.25) is 14.9 Å². The van der Waals surface area contributed by atoms with Crippen molar-refractivity contribution in [3.8, 4) is 16.9 Å². The van der Waals surface area contributed by atoms with Crippen LogP contribution in [-0.4, -0.2) is 33.2 Å². The third-order valence-electron chi connectivity index (χ3n) is 4.99. The molecule has 0 aliphatic rings. The van der Waals surface area contributed by atoms with Crippen molar-refractivity contribution < 1.29 is 19.2 Å². The number of ether oxygens (including phenoxy) is 1. The molecule has 4 rings (SSSR count). The topological polar surface area (TPSA) is 116 Å². The minimum Gasteiger partial charge on any atom is -0.462 e. The van der Waals surface area contributed by atoms with Gasteiger partial charge in [-0.1, -0.05) is 18.2 Å². The molecule has 9 heteroatoms. The number of amides is 1. The minimum absolute atomic E-state index is 0.0565. The predicted molar refractivity (Wildman–Crippen MR) is 126 cm³/mol. The van der Waals surface area contributed by atoms with Gasteiger partial charge in [0.1, 0.15) is 5.69 Å². The molecule has 1 aromatic heterocycles.